The van der Waals surface area contributed by atoms with Gasteiger partial charge in [0.05, 0.1) is 28.0 Å². The molecule has 0 spiro atoms. The fourth-order valence-corrected chi connectivity index (χ4v) is 6.42. The van der Waals surface area contributed by atoms with Crippen molar-refractivity contribution in [2.24, 2.45) is 0 Å². The fourth-order valence-electron chi connectivity index (χ4n) is 6.12. The molecule has 2 amide bonds. The van der Waals surface area contributed by atoms with Gasteiger partial charge in [-0.3, -0.25) is 14.8 Å². The van der Waals surface area contributed by atoms with E-state index in [1.807, 2.05) is 13.0 Å². The molecule has 2 aliphatic heterocycles. The maximum atomic E-state index is 13.8. The molecule has 5 rings (SSSR count). The molecule has 9 heteroatoms. The van der Waals surface area contributed by atoms with Crippen LogP contribution in [0.4, 0.5) is 16.2 Å². The number of piperidine rings is 1. The molecule has 1 aromatic heterocycles. The quantitative estimate of drug-likeness (QED) is 0.303. The van der Waals surface area contributed by atoms with Crippen LogP contribution < -0.4 is 9.80 Å². The standard InChI is InChI=1S/C33H37ClN6O2/c1-3-40(32(42)37(2)31-11-8-27(21-29(31)34)30-20-26(22-35)12-15-36-30)33(24-41)13-18-38(19-14-33)23-25-6-9-28(10-7-25)39-16-4-5-17-39/h6-12,15,20-21,24H,3-5,13-14,16-19,23H2,1-2H3. The number of carbonyl (C=O) groups is 2. The van der Waals surface area contributed by atoms with Crippen molar-refractivity contribution in [3.8, 4) is 17.3 Å². The Morgan fingerprint density at radius 2 is 1.79 bits per heavy atom. The second-order valence-electron chi connectivity index (χ2n) is 11.2. The Morgan fingerprint density at radius 3 is 2.40 bits per heavy atom. The van der Waals surface area contributed by atoms with Crippen molar-refractivity contribution >= 4 is 35.3 Å². The van der Waals surface area contributed by atoms with Gasteiger partial charge in [0, 0.05) is 63.8 Å². The van der Waals surface area contributed by atoms with E-state index in [2.05, 4.69) is 45.1 Å². The molecule has 2 aromatic carbocycles. The molecule has 2 saturated heterocycles. The number of hydrogen-bond acceptors (Lipinski definition) is 6. The van der Waals surface area contributed by atoms with Crippen molar-refractivity contribution in [3.05, 3.63) is 76.9 Å². The third-order valence-corrected chi connectivity index (χ3v) is 8.92. The number of pyridine rings is 1. The van der Waals surface area contributed by atoms with Crippen LogP contribution in [0.5, 0.6) is 0 Å². The zero-order valence-electron chi connectivity index (χ0n) is 24.3. The first-order valence-electron chi connectivity index (χ1n) is 14.6. The van der Waals surface area contributed by atoms with Gasteiger partial charge >= 0.3 is 6.03 Å². The first-order chi connectivity index (χ1) is 20.4. The van der Waals surface area contributed by atoms with Crippen LogP contribution in [0.2, 0.25) is 5.02 Å². The highest BCUT2D eigenvalue weighted by Gasteiger charge is 2.43. The van der Waals surface area contributed by atoms with Gasteiger partial charge in [-0.25, -0.2) is 4.79 Å². The molecule has 218 valence electrons. The summed E-state index contributed by atoms with van der Waals surface area (Å²) in [4.78, 5) is 38.7. The first kappa shape index (κ1) is 29.6. The summed E-state index contributed by atoms with van der Waals surface area (Å²) < 4.78 is 0. The second kappa shape index (κ2) is 12.9. The number of aldehydes is 1. The average Bonchev–Trinajstić information content (AvgIpc) is 3.57. The lowest BCUT2D eigenvalue weighted by Gasteiger charge is -2.46. The predicted octanol–water partition coefficient (Wildman–Crippen LogP) is 5.99. The maximum absolute atomic E-state index is 13.8. The Kier molecular flexibility index (Phi) is 9.10. The number of likely N-dealkylation sites (tertiary alicyclic amines) is 1. The number of carbonyl (C=O) groups excluding carboxylic acids is 2. The molecule has 2 fully saturated rings. The number of rotatable bonds is 8. The van der Waals surface area contributed by atoms with Gasteiger partial charge < -0.3 is 14.6 Å². The average molecular weight is 585 g/mol. The molecular formula is C33H37ClN6O2. The number of hydrogen-bond donors (Lipinski definition) is 0. The molecule has 3 aromatic rings. The second-order valence-corrected chi connectivity index (χ2v) is 11.6. The largest absolute Gasteiger partial charge is 0.372 e. The monoisotopic (exact) mass is 584 g/mol. The summed E-state index contributed by atoms with van der Waals surface area (Å²) in [6, 6.07) is 19.4. The molecule has 2 aliphatic rings. The Hall–Kier alpha value is -3.93. The minimum atomic E-state index is -0.871. The van der Waals surface area contributed by atoms with E-state index in [1.165, 1.54) is 29.0 Å². The number of urea groups is 1. The van der Waals surface area contributed by atoms with Crippen LogP contribution in [0.25, 0.3) is 11.3 Å². The number of nitriles is 1. The Morgan fingerprint density at radius 1 is 1.07 bits per heavy atom. The van der Waals surface area contributed by atoms with Crippen LogP contribution in [0.15, 0.2) is 60.8 Å². The van der Waals surface area contributed by atoms with Crippen LogP contribution >= 0.6 is 11.6 Å². The van der Waals surface area contributed by atoms with Gasteiger partial charge in [-0.05, 0) is 74.6 Å². The molecule has 0 radical (unpaired) electrons. The highest BCUT2D eigenvalue weighted by Crippen LogP contribution is 2.34. The Balaban J connectivity index is 1.24. The van der Waals surface area contributed by atoms with Crippen LogP contribution in [-0.2, 0) is 11.3 Å². The van der Waals surface area contributed by atoms with Gasteiger partial charge in [-0.15, -0.1) is 0 Å². The topological polar surface area (TPSA) is 83.8 Å². The van der Waals surface area contributed by atoms with Crippen molar-refractivity contribution in [1.29, 1.82) is 5.26 Å². The number of amides is 2. The van der Waals surface area contributed by atoms with Gasteiger partial charge in [0.2, 0.25) is 0 Å². The van der Waals surface area contributed by atoms with Crippen molar-refractivity contribution < 1.29 is 9.59 Å². The number of likely N-dealkylation sites (N-methyl/N-ethyl adjacent to an activating group) is 1. The van der Waals surface area contributed by atoms with Crippen LogP contribution in [0, 0.1) is 11.3 Å². The minimum Gasteiger partial charge on any atom is -0.372 e. The molecule has 0 N–H and O–H groups in total. The van der Waals surface area contributed by atoms with E-state index in [4.69, 9.17) is 11.6 Å². The van der Waals surface area contributed by atoms with Gasteiger partial charge in [0.15, 0.2) is 0 Å². The van der Waals surface area contributed by atoms with E-state index in [1.54, 1.807) is 42.4 Å². The molecule has 0 atom stereocenters. The number of halogens is 1. The molecule has 0 bridgehead atoms. The van der Waals surface area contributed by atoms with Crippen molar-refractivity contribution in [1.82, 2.24) is 14.8 Å². The number of benzene rings is 2. The minimum absolute atomic E-state index is 0.269. The molecule has 0 saturated carbocycles. The molecule has 8 nitrogen and oxygen atoms in total. The number of anilines is 2. The van der Waals surface area contributed by atoms with E-state index in [9.17, 15) is 14.9 Å². The van der Waals surface area contributed by atoms with Crippen LogP contribution in [0.1, 0.15) is 43.7 Å². The summed E-state index contributed by atoms with van der Waals surface area (Å²) in [5.41, 5.74) is 4.09. The van der Waals surface area contributed by atoms with E-state index in [-0.39, 0.29) is 6.03 Å². The summed E-state index contributed by atoms with van der Waals surface area (Å²) >= 11 is 6.65. The normalized spacial score (nSPS) is 16.6. The van der Waals surface area contributed by atoms with E-state index >= 15 is 0 Å². The zero-order chi connectivity index (χ0) is 29.7. The summed E-state index contributed by atoms with van der Waals surface area (Å²) in [6.07, 6.45) is 6.21. The first-order valence-corrected chi connectivity index (χ1v) is 15.0. The molecular weight excluding hydrogens is 548 g/mol. The molecule has 42 heavy (non-hydrogen) atoms. The maximum Gasteiger partial charge on any atom is 0.325 e. The summed E-state index contributed by atoms with van der Waals surface area (Å²) in [5.74, 6) is 0. The zero-order valence-corrected chi connectivity index (χ0v) is 25.1. The SMILES string of the molecule is CCN(C(=O)N(C)c1ccc(-c2cc(C#N)ccn2)cc1Cl)C1(C=O)CCN(Cc2ccc(N3CCCC3)cc2)CC1. The lowest BCUT2D eigenvalue weighted by atomic mass is 9.87. The van der Waals surface area contributed by atoms with Gasteiger partial charge in [-0.2, -0.15) is 5.26 Å². The Bertz CT molecular complexity index is 1460. The third-order valence-electron chi connectivity index (χ3n) is 8.62. The highest BCUT2D eigenvalue weighted by atomic mass is 35.5. The lowest BCUT2D eigenvalue weighted by molar-refractivity contribution is -0.119. The highest BCUT2D eigenvalue weighted by molar-refractivity contribution is 6.34. The molecule has 0 aliphatic carbocycles. The third kappa shape index (κ3) is 6.13. The Labute approximate surface area is 253 Å². The smallest absolute Gasteiger partial charge is 0.325 e. The van der Waals surface area contributed by atoms with Gasteiger partial charge in [-0.1, -0.05) is 29.8 Å². The number of aromatic nitrogens is 1. The van der Waals surface area contributed by atoms with E-state index < -0.39 is 5.54 Å². The van der Waals surface area contributed by atoms with E-state index in [0.717, 1.165) is 44.6 Å². The summed E-state index contributed by atoms with van der Waals surface area (Å²) in [5, 5.41) is 9.59. The van der Waals surface area contributed by atoms with Gasteiger partial charge in [0.25, 0.3) is 0 Å². The van der Waals surface area contributed by atoms with Crippen LogP contribution in [0.3, 0.4) is 0 Å². The fraction of sp³-hybridized carbons (Fsp3) is 0.394. The number of nitrogens with zero attached hydrogens (tertiary/aromatic N) is 6. The molecule has 0 unspecified atom stereocenters. The summed E-state index contributed by atoms with van der Waals surface area (Å²) in [6.45, 7) is 6.85. The van der Waals surface area contributed by atoms with Gasteiger partial charge in [0.1, 0.15) is 11.8 Å². The van der Waals surface area contributed by atoms with Crippen molar-refractivity contribution in [2.75, 3.05) is 49.6 Å². The van der Waals surface area contributed by atoms with E-state index in [0.29, 0.717) is 41.4 Å². The van der Waals surface area contributed by atoms with Crippen molar-refractivity contribution in [2.45, 2.75) is 44.7 Å². The van der Waals surface area contributed by atoms with Crippen LogP contribution in [-0.4, -0.2) is 72.4 Å². The van der Waals surface area contributed by atoms with Crippen molar-refractivity contribution in [3.63, 3.8) is 0 Å². The molecule has 3 heterocycles. The predicted molar refractivity (Wildman–Crippen MR) is 167 cm³/mol. The summed E-state index contributed by atoms with van der Waals surface area (Å²) in [7, 11) is 1.68. The lowest BCUT2D eigenvalue weighted by Crippen LogP contribution is -2.60.